The third-order valence-corrected chi connectivity index (χ3v) is 7.45. The average molecular weight is 562 g/mol. The number of phosphoric ester groups is 1. The number of carbonyl (C=O) groups excluding carboxylic acids is 2. The molecule has 3 rings (SSSR count). The molecule has 0 saturated heterocycles. The monoisotopic (exact) mass is 561 g/mol. The molecule has 204 valence electrons. The minimum absolute atomic E-state index is 0.0137. The Morgan fingerprint density at radius 1 is 1.03 bits per heavy atom. The Hall–Kier alpha value is -3.08. The molecule has 5 N–H and O–H groups in total. The van der Waals surface area contributed by atoms with E-state index in [9.17, 15) is 19.3 Å². The van der Waals surface area contributed by atoms with E-state index >= 15 is 0 Å². The molecule has 2 atom stereocenters. The lowest BCUT2D eigenvalue weighted by Gasteiger charge is -2.21. The van der Waals surface area contributed by atoms with Gasteiger partial charge in [0.15, 0.2) is 0 Å². The number of nitrogens with zero attached hydrogens (tertiary/aromatic N) is 1. The number of rotatable bonds is 13. The number of amides is 2. The van der Waals surface area contributed by atoms with E-state index in [1.165, 1.54) is 36.0 Å². The normalized spacial score (nSPS) is 13.0. The van der Waals surface area contributed by atoms with Crippen LogP contribution in [0.2, 0.25) is 0 Å². The molecule has 2 aromatic carbocycles. The van der Waals surface area contributed by atoms with Crippen LogP contribution in [0.4, 0.5) is 0 Å². The maximum absolute atomic E-state index is 13.2. The van der Waals surface area contributed by atoms with Gasteiger partial charge in [-0.15, -0.1) is 11.3 Å². The standard InChI is InChI=1S/C26H32N3O7PS/c1-3-21(26-29-23(16-30)24(38-26)14-11-18-7-5-4-6-8-18)28-25(32)22(27-17(2)31)15-19-9-12-20(13-10-19)36-37(33,34)35/h4-10,12-13,21-22,30H,3,11,14-16H2,1-2H3,(H,27,31)(H,28,32)(H2,33,34,35). The molecule has 0 bridgehead atoms. The van der Waals surface area contributed by atoms with E-state index in [2.05, 4.69) is 32.3 Å². The van der Waals surface area contributed by atoms with Gasteiger partial charge in [-0.3, -0.25) is 19.4 Å². The number of thiazole rings is 1. The minimum Gasteiger partial charge on any atom is -0.404 e. The molecule has 38 heavy (non-hydrogen) atoms. The van der Waals surface area contributed by atoms with Crippen LogP contribution in [0.25, 0.3) is 0 Å². The van der Waals surface area contributed by atoms with Crippen LogP contribution < -0.4 is 15.2 Å². The maximum atomic E-state index is 13.2. The SMILES string of the molecule is CCC(NC(=O)C(Cc1ccc(OP(=O)(O)O)cc1)NC(C)=O)c1nc(CO)c(CCc2ccccc2)s1. The summed E-state index contributed by atoms with van der Waals surface area (Å²) in [5.41, 5.74) is 2.45. The number of hydrogen-bond acceptors (Lipinski definition) is 7. The highest BCUT2D eigenvalue weighted by Gasteiger charge is 2.25. The molecule has 10 nitrogen and oxygen atoms in total. The zero-order valence-corrected chi connectivity index (χ0v) is 22.9. The first-order valence-corrected chi connectivity index (χ1v) is 14.5. The minimum atomic E-state index is -4.68. The van der Waals surface area contributed by atoms with Crippen LogP contribution in [0.15, 0.2) is 54.6 Å². The topological polar surface area (TPSA) is 158 Å². The molecule has 0 saturated carbocycles. The Balaban J connectivity index is 1.71. The average Bonchev–Trinajstić information content (AvgIpc) is 3.29. The number of nitrogens with one attached hydrogen (secondary N) is 2. The Labute approximate surface area is 225 Å². The smallest absolute Gasteiger partial charge is 0.404 e. The van der Waals surface area contributed by atoms with Gasteiger partial charge in [-0.1, -0.05) is 49.4 Å². The first-order valence-electron chi connectivity index (χ1n) is 12.1. The Morgan fingerprint density at radius 3 is 2.29 bits per heavy atom. The second-order valence-corrected chi connectivity index (χ2v) is 11.0. The second kappa shape index (κ2) is 13.6. The van der Waals surface area contributed by atoms with Crippen molar-refractivity contribution in [2.45, 2.75) is 58.2 Å². The van der Waals surface area contributed by atoms with E-state index in [0.717, 1.165) is 17.7 Å². The van der Waals surface area contributed by atoms with Crippen LogP contribution in [0.1, 0.15) is 53.0 Å². The zero-order valence-electron chi connectivity index (χ0n) is 21.2. The molecule has 12 heteroatoms. The number of aryl methyl sites for hydroxylation is 2. The van der Waals surface area contributed by atoms with Crippen LogP contribution in [0, 0.1) is 0 Å². The van der Waals surface area contributed by atoms with Crippen LogP contribution in [0.5, 0.6) is 5.75 Å². The lowest BCUT2D eigenvalue weighted by Crippen LogP contribution is -2.48. The fourth-order valence-electron chi connectivity index (χ4n) is 3.90. The van der Waals surface area contributed by atoms with Gasteiger partial charge < -0.3 is 20.3 Å². The molecule has 2 amide bonds. The zero-order chi connectivity index (χ0) is 27.7. The maximum Gasteiger partial charge on any atom is 0.524 e. The number of aromatic nitrogens is 1. The van der Waals surface area contributed by atoms with Crippen molar-refractivity contribution in [3.63, 3.8) is 0 Å². The van der Waals surface area contributed by atoms with Crippen molar-refractivity contribution in [1.29, 1.82) is 0 Å². The van der Waals surface area contributed by atoms with Gasteiger partial charge >= 0.3 is 7.82 Å². The number of aliphatic hydroxyl groups is 1. The molecule has 0 fully saturated rings. The van der Waals surface area contributed by atoms with E-state index in [1.54, 1.807) is 12.1 Å². The predicted molar refractivity (Wildman–Crippen MR) is 143 cm³/mol. The van der Waals surface area contributed by atoms with Crippen molar-refractivity contribution < 1.29 is 33.6 Å². The number of phosphoric acid groups is 1. The van der Waals surface area contributed by atoms with E-state index in [-0.39, 0.29) is 24.7 Å². The van der Waals surface area contributed by atoms with Gasteiger partial charge in [0, 0.05) is 18.2 Å². The molecular weight excluding hydrogens is 529 g/mol. The number of hydrogen-bond donors (Lipinski definition) is 5. The summed E-state index contributed by atoms with van der Waals surface area (Å²) in [6, 6.07) is 14.7. The van der Waals surface area contributed by atoms with E-state index in [0.29, 0.717) is 22.7 Å². The highest BCUT2D eigenvalue weighted by atomic mass is 32.1. The molecular formula is C26H32N3O7PS. The summed E-state index contributed by atoms with van der Waals surface area (Å²) in [5, 5.41) is 16.2. The summed E-state index contributed by atoms with van der Waals surface area (Å²) in [6.07, 6.45) is 2.24. The Bertz CT molecular complexity index is 1260. The summed E-state index contributed by atoms with van der Waals surface area (Å²) in [6.45, 7) is 3.05. The van der Waals surface area contributed by atoms with Gasteiger partial charge in [0.1, 0.15) is 16.8 Å². The highest BCUT2D eigenvalue weighted by Crippen LogP contribution is 2.37. The molecule has 1 aromatic heterocycles. The van der Waals surface area contributed by atoms with Gasteiger partial charge in [-0.25, -0.2) is 9.55 Å². The van der Waals surface area contributed by atoms with Gasteiger partial charge in [0.2, 0.25) is 11.8 Å². The van der Waals surface area contributed by atoms with Crippen molar-refractivity contribution in [2.75, 3.05) is 0 Å². The van der Waals surface area contributed by atoms with Crippen molar-refractivity contribution in [1.82, 2.24) is 15.6 Å². The highest BCUT2D eigenvalue weighted by molar-refractivity contribution is 7.46. The summed E-state index contributed by atoms with van der Waals surface area (Å²) in [7, 11) is -4.68. The molecule has 1 heterocycles. The predicted octanol–water partition coefficient (Wildman–Crippen LogP) is 3.21. The molecule has 0 radical (unpaired) electrons. The fraction of sp³-hybridized carbons (Fsp3) is 0.346. The third kappa shape index (κ3) is 9.04. The van der Waals surface area contributed by atoms with Crippen molar-refractivity contribution >= 4 is 31.0 Å². The van der Waals surface area contributed by atoms with Crippen molar-refractivity contribution in [2.24, 2.45) is 0 Å². The second-order valence-electron chi connectivity index (χ2n) is 8.72. The lowest BCUT2D eigenvalue weighted by atomic mass is 10.0. The molecule has 3 aromatic rings. The summed E-state index contributed by atoms with van der Waals surface area (Å²) < 4.78 is 15.6. The molecule has 0 aliphatic rings. The van der Waals surface area contributed by atoms with Crippen LogP contribution >= 0.6 is 19.2 Å². The molecule has 2 unspecified atom stereocenters. The van der Waals surface area contributed by atoms with E-state index in [1.807, 2.05) is 25.1 Å². The first-order chi connectivity index (χ1) is 18.1. The Kier molecular flexibility index (Phi) is 10.6. The number of carbonyl (C=O) groups is 2. The van der Waals surface area contributed by atoms with Crippen LogP contribution in [-0.4, -0.2) is 37.7 Å². The molecule has 0 aliphatic carbocycles. The van der Waals surface area contributed by atoms with E-state index < -0.39 is 25.8 Å². The van der Waals surface area contributed by atoms with Gasteiger partial charge in [-0.2, -0.15) is 0 Å². The number of benzene rings is 2. The third-order valence-electron chi connectivity index (χ3n) is 5.73. The fourth-order valence-corrected chi connectivity index (χ4v) is 5.50. The van der Waals surface area contributed by atoms with Crippen LogP contribution in [0.3, 0.4) is 0 Å². The number of aliphatic hydroxyl groups excluding tert-OH is 1. The van der Waals surface area contributed by atoms with Crippen molar-refractivity contribution in [3.8, 4) is 5.75 Å². The first kappa shape index (κ1) is 29.5. The Morgan fingerprint density at radius 2 is 1.71 bits per heavy atom. The van der Waals surface area contributed by atoms with Gasteiger partial charge in [0.25, 0.3) is 0 Å². The molecule has 0 aliphatic heterocycles. The van der Waals surface area contributed by atoms with Gasteiger partial charge in [0.05, 0.1) is 18.3 Å². The van der Waals surface area contributed by atoms with Gasteiger partial charge in [-0.05, 0) is 42.5 Å². The quantitative estimate of drug-likeness (QED) is 0.199. The van der Waals surface area contributed by atoms with Crippen LogP contribution in [-0.2, 0) is 40.0 Å². The summed E-state index contributed by atoms with van der Waals surface area (Å²) in [4.78, 5) is 48.5. The lowest BCUT2D eigenvalue weighted by molar-refractivity contribution is -0.128. The summed E-state index contributed by atoms with van der Waals surface area (Å²) >= 11 is 1.46. The van der Waals surface area contributed by atoms with Crippen molar-refractivity contribution in [3.05, 3.63) is 81.3 Å². The van der Waals surface area contributed by atoms with E-state index in [4.69, 9.17) is 9.79 Å². The molecule has 0 spiro atoms. The summed E-state index contributed by atoms with van der Waals surface area (Å²) in [5.74, 6) is -0.783. The largest absolute Gasteiger partial charge is 0.524 e.